The maximum Gasteiger partial charge on any atom is 0.392 e. The fourth-order valence-corrected chi connectivity index (χ4v) is 4.02. The van der Waals surface area contributed by atoms with Gasteiger partial charge in [0.15, 0.2) is 0 Å². The number of hydrogen-bond acceptors (Lipinski definition) is 3. The number of halogens is 3. The molecule has 2 heterocycles. The molecular weight excluding hydrogens is 309 g/mol. The summed E-state index contributed by atoms with van der Waals surface area (Å²) in [7, 11) is 0. The van der Waals surface area contributed by atoms with Crippen LogP contribution >= 0.6 is 0 Å². The van der Waals surface area contributed by atoms with Crippen LogP contribution in [0.15, 0.2) is 0 Å². The molecule has 1 aliphatic heterocycles. The molecule has 1 aliphatic carbocycles. The number of nitrogens with zero attached hydrogens (tertiary/aromatic N) is 4. The minimum absolute atomic E-state index is 0.0119. The number of aromatic nitrogens is 3. The summed E-state index contributed by atoms with van der Waals surface area (Å²) >= 11 is 0. The highest BCUT2D eigenvalue weighted by Gasteiger charge is 2.58. The highest BCUT2D eigenvalue weighted by atomic mass is 19.4. The zero-order chi connectivity index (χ0) is 16.8. The molecule has 5 nitrogen and oxygen atoms in total. The Balaban J connectivity index is 1.83. The minimum Gasteiger partial charge on any atom is -0.337 e. The van der Waals surface area contributed by atoms with Gasteiger partial charge in [-0.15, -0.1) is 5.10 Å². The number of carbonyl (C=O) groups is 1. The van der Waals surface area contributed by atoms with Gasteiger partial charge < -0.3 is 4.90 Å². The van der Waals surface area contributed by atoms with Crippen molar-refractivity contribution in [2.45, 2.75) is 52.3 Å². The third-order valence-corrected chi connectivity index (χ3v) is 5.37. The lowest BCUT2D eigenvalue weighted by atomic mass is 9.58. The third kappa shape index (κ3) is 2.61. The summed E-state index contributed by atoms with van der Waals surface area (Å²) in [6.45, 7) is 4.39. The highest BCUT2D eigenvalue weighted by molar-refractivity contribution is 5.93. The molecule has 1 spiro atoms. The summed E-state index contributed by atoms with van der Waals surface area (Å²) in [5, 5.41) is 7.83. The predicted molar refractivity (Wildman–Crippen MR) is 76.8 cm³/mol. The molecule has 1 unspecified atom stereocenters. The van der Waals surface area contributed by atoms with E-state index in [4.69, 9.17) is 0 Å². The lowest BCUT2D eigenvalue weighted by Crippen LogP contribution is -2.57. The second-order valence-electron chi connectivity index (χ2n) is 6.66. The van der Waals surface area contributed by atoms with Gasteiger partial charge in [0, 0.05) is 19.6 Å². The van der Waals surface area contributed by atoms with E-state index in [1.165, 1.54) is 4.68 Å². The molecule has 0 radical (unpaired) electrons. The highest BCUT2D eigenvalue weighted by Crippen LogP contribution is 2.56. The number of piperidine rings is 1. The molecular formula is C15H21F3N4O. The van der Waals surface area contributed by atoms with Crippen molar-refractivity contribution in [3.05, 3.63) is 11.4 Å². The van der Waals surface area contributed by atoms with Crippen LogP contribution in [0, 0.1) is 18.3 Å². The molecule has 1 aromatic rings. The van der Waals surface area contributed by atoms with E-state index in [0.717, 1.165) is 6.42 Å². The Kier molecular flexibility index (Phi) is 3.88. The van der Waals surface area contributed by atoms with Crippen molar-refractivity contribution in [1.29, 1.82) is 0 Å². The fraction of sp³-hybridized carbons (Fsp3) is 0.800. The molecule has 1 atom stereocenters. The summed E-state index contributed by atoms with van der Waals surface area (Å²) in [5.41, 5.74) is 0.134. The third-order valence-electron chi connectivity index (χ3n) is 5.37. The average Bonchev–Trinajstić information content (AvgIpc) is 2.84. The van der Waals surface area contributed by atoms with E-state index in [1.807, 2.05) is 6.92 Å². The fourth-order valence-electron chi connectivity index (χ4n) is 4.02. The molecule has 2 fully saturated rings. The monoisotopic (exact) mass is 330 g/mol. The number of aryl methyl sites for hydroxylation is 2. The minimum atomic E-state index is -4.18. The van der Waals surface area contributed by atoms with Crippen LogP contribution in [0.5, 0.6) is 0 Å². The van der Waals surface area contributed by atoms with E-state index in [0.29, 0.717) is 30.8 Å². The van der Waals surface area contributed by atoms with Gasteiger partial charge >= 0.3 is 6.18 Å². The first-order chi connectivity index (χ1) is 10.8. The van der Waals surface area contributed by atoms with Crippen LogP contribution in [0.1, 0.15) is 48.8 Å². The van der Waals surface area contributed by atoms with Gasteiger partial charge in [0.05, 0.1) is 11.6 Å². The molecule has 3 rings (SSSR count). The lowest BCUT2D eigenvalue weighted by molar-refractivity contribution is -0.235. The van der Waals surface area contributed by atoms with Crippen molar-refractivity contribution in [3.8, 4) is 0 Å². The first-order valence-corrected chi connectivity index (χ1v) is 8.04. The Morgan fingerprint density at radius 2 is 2.09 bits per heavy atom. The zero-order valence-electron chi connectivity index (χ0n) is 13.4. The Hall–Kier alpha value is -1.60. The smallest absolute Gasteiger partial charge is 0.337 e. The van der Waals surface area contributed by atoms with Crippen molar-refractivity contribution in [3.63, 3.8) is 0 Å². The summed E-state index contributed by atoms with van der Waals surface area (Å²) < 4.78 is 41.5. The molecule has 1 amide bonds. The number of likely N-dealkylation sites (tertiary alicyclic amines) is 1. The van der Waals surface area contributed by atoms with Crippen molar-refractivity contribution in [1.82, 2.24) is 19.9 Å². The van der Waals surface area contributed by atoms with Gasteiger partial charge in [-0.05, 0) is 38.5 Å². The van der Waals surface area contributed by atoms with Gasteiger partial charge in [0.1, 0.15) is 5.69 Å². The van der Waals surface area contributed by atoms with Crippen LogP contribution in [0.2, 0.25) is 0 Å². The van der Waals surface area contributed by atoms with E-state index in [1.54, 1.807) is 11.8 Å². The number of rotatable bonds is 2. The van der Waals surface area contributed by atoms with Crippen molar-refractivity contribution in [2.75, 3.05) is 13.1 Å². The standard InChI is InChI=1S/C15H21F3N4O/c1-3-22-12(10(2)19-20-22)13(23)21-8-5-11(15(16,17)18)14(9-21)6-4-7-14/h11H,3-9H2,1-2H3. The summed E-state index contributed by atoms with van der Waals surface area (Å²) in [6, 6.07) is 0. The van der Waals surface area contributed by atoms with E-state index in [-0.39, 0.29) is 25.4 Å². The number of amides is 1. The van der Waals surface area contributed by atoms with Gasteiger partial charge in [0.2, 0.25) is 0 Å². The van der Waals surface area contributed by atoms with Gasteiger partial charge in [0.25, 0.3) is 5.91 Å². The van der Waals surface area contributed by atoms with E-state index in [2.05, 4.69) is 10.3 Å². The van der Waals surface area contributed by atoms with Gasteiger partial charge in [-0.2, -0.15) is 13.2 Å². The molecule has 2 aliphatic rings. The van der Waals surface area contributed by atoms with Crippen molar-refractivity contribution < 1.29 is 18.0 Å². The van der Waals surface area contributed by atoms with Gasteiger partial charge in [-0.1, -0.05) is 11.6 Å². The molecule has 1 saturated heterocycles. The van der Waals surface area contributed by atoms with Crippen molar-refractivity contribution >= 4 is 5.91 Å². The largest absolute Gasteiger partial charge is 0.392 e. The quantitative estimate of drug-likeness (QED) is 0.838. The van der Waals surface area contributed by atoms with E-state index >= 15 is 0 Å². The Labute approximate surface area is 132 Å². The maximum absolute atomic E-state index is 13.3. The normalized spacial score (nSPS) is 23.9. The summed E-state index contributed by atoms with van der Waals surface area (Å²) in [6.07, 6.45) is -2.29. The Morgan fingerprint density at radius 3 is 2.61 bits per heavy atom. The topological polar surface area (TPSA) is 51.0 Å². The second-order valence-corrected chi connectivity index (χ2v) is 6.66. The first kappa shape index (κ1) is 16.3. The predicted octanol–water partition coefficient (Wildman–Crippen LogP) is 2.80. The van der Waals surface area contributed by atoms with Crippen molar-refractivity contribution in [2.24, 2.45) is 11.3 Å². The van der Waals surface area contributed by atoms with E-state index in [9.17, 15) is 18.0 Å². The molecule has 1 aromatic heterocycles. The van der Waals surface area contributed by atoms with Crippen LogP contribution in [0.3, 0.4) is 0 Å². The molecule has 23 heavy (non-hydrogen) atoms. The lowest BCUT2D eigenvalue weighted by Gasteiger charge is -2.54. The second kappa shape index (κ2) is 5.49. The molecule has 1 saturated carbocycles. The van der Waals surface area contributed by atoms with Gasteiger partial charge in [-0.25, -0.2) is 4.68 Å². The SMILES string of the molecule is CCn1nnc(C)c1C(=O)N1CCC(C(F)(F)F)C2(CCC2)C1. The maximum atomic E-state index is 13.3. The number of alkyl halides is 3. The van der Waals surface area contributed by atoms with Crippen LogP contribution in [-0.2, 0) is 6.54 Å². The van der Waals surface area contributed by atoms with Crippen LogP contribution in [-0.4, -0.2) is 45.1 Å². The number of hydrogen-bond donors (Lipinski definition) is 0. The zero-order valence-corrected chi connectivity index (χ0v) is 13.4. The Morgan fingerprint density at radius 1 is 1.39 bits per heavy atom. The summed E-state index contributed by atoms with van der Waals surface area (Å²) in [4.78, 5) is 14.4. The van der Waals surface area contributed by atoms with E-state index < -0.39 is 17.5 Å². The van der Waals surface area contributed by atoms with Gasteiger partial charge in [-0.3, -0.25) is 4.79 Å². The summed E-state index contributed by atoms with van der Waals surface area (Å²) in [5.74, 6) is -1.54. The molecule has 0 N–H and O–H groups in total. The molecule has 0 bridgehead atoms. The Bertz CT molecular complexity index is 606. The first-order valence-electron chi connectivity index (χ1n) is 8.04. The molecule has 0 aromatic carbocycles. The van der Waals surface area contributed by atoms with Crippen LogP contribution in [0.25, 0.3) is 0 Å². The van der Waals surface area contributed by atoms with Crippen LogP contribution in [0.4, 0.5) is 13.2 Å². The molecule has 8 heteroatoms. The number of carbonyl (C=O) groups excluding carboxylic acids is 1. The van der Waals surface area contributed by atoms with Crippen LogP contribution < -0.4 is 0 Å². The molecule has 128 valence electrons. The average molecular weight is 330 g/mol.